The topological polar surface area (TPSA) is 52.6 Å². The van der Waals surface area contributed by atoms with E-state index < -0.39 is 5.97 Å². The Kier molecular flexibility index (Phi) is 9.78. The van der Waals surface area contributed by atoms with Gasteiger partial charge in [-0.15, -0.1) is 5.92 Å². The predicted molar refractivity (Wildman–Crippen MR) is 136 cm³/mol. The van der Waals surface area contributed by atoms with E-state index in [1.165, 1.54) is 0 Å². The van der Waals surface area contributed by atoms with Crippen LogP contribution in [0.5, 0.6) is 5.75 Å². The molecule has 1 unspecified atom stereocenters. The van der Waals surface area contributed by atoms with Gasteiger partial charge in [0.25, 0.3) is 0 Å². The quantitative estimate of drug-likeness (QED) is 0.237. The zero-order valence-corrected chi connectivity index (χ0v) is 20.1. The van der Waals surface area contributed by atoms with E-state index >= 15 is 0 Å². The number of hydrogen-bond donors (Lipinski definition) is 0. The van der Waals surface area contributed by atoms with Crippen molar-refractivity contribution >= 4 is 25.4 Å². The van der Waals surface area contributed by atoms with Crippen LogP contribution in [-0.4, -0.2) is 18.5 Å². The van der Waals surface area contributed by atoms with Gasteiger partial charge in [-0.2, -0.15) is 13.5 Å². The van der Waals surface area contributed by atoms with Gasteiger partial charge in [0.15, 0.2) is 0 Å². The molecule has 3 rings (SSSR count). The second-order valence-electron chi connectivity index (χ2n) is 7.56. The molecule has 0 amide bonds. The highest BCUT2D eigenvalue weighted by Crippen LogP contribution is 2.24. The van der Waals surface area contributed by atoms with Crippen molar-refractivity contribution in [3.63, 3.8) is 0 Å². The minimum absolute atomic E-state index is 0. The third-order valence-corrected chi connectivity index (χ3v) is 5.10. The molecule has 0 heterocycles. The van der Waals surface area contributed by atoms with Crippen LogP contribution in [0.3, 0.4) is 0 Å². The van der Waals surface area contributed by atoms with E-state index in [-0.39, 0.29) is 19.5 Å². The molecule has 0 saturated carbocycles. The first-order chi connectivity index (χ1) is 15.5. The maximum Gasteiger partial charge on any atom is 0.343 e. The summed E-state index contributed by atoms with van der Waals surface area (Å²) in [5, 5.41) is 0. The zero-order valence-electron chi connectivity index (χ0n) is 19.1. The van der Waals surface area contributed by atoms with Gasteiger partial charge in [0.2, 0.25) is 0 Å². The Morgan fingerprint density at radius 3 is 1.88 bits per heavy atom. The summed E-state index contributed by atoms with van der Waals surface area (Å²) in [6, 6.07) is 21.5. The molecule has 3 aromatic rings. The Labute approximate surface area is 202 Å². The number of carbonyl (C=O) groups excluding carboxylic acids is 2. The maximum absolute atomic E-state index is 12.4. The Morgan fingerprint density at radius 2 is 1.33 bits per heavy atom. The zero-order chi connectivity index (χ0) is 22.9. The maximum atomic E-state index is 12.4. The van der Waals surface area contributed by atoms with Gasteiger partial charge in [-0.3, -0.25) is 0 Å². The van der Waals surface area contributed by atoms with E-state index in [0.29, 0.717) is 29.4 Å². The van der Waals surface area contributed by atoms with Crippen LogP contribution in [-0.2, 0) is 4.74 Å². The standard InChI is InChI=1S/C28H26O4.H2S/c1-4-6-21-7-9-25(10-8-21)28(30)32-26-17-15-23(16-18-26)22-11-13-24(14-12-22)27(29)31-19-20(3)5-2;/h7-18,20H,5,19H2,1-3H3;1H2. The minimum Gasteiger partial charge on any atom is -0.462 e. The number of esters is 2. The van der Waals surface area contributed by atoms with Gasteiger partial charge < -0.3 is 9.47 Å². The molecular formula is C28H28O4S. The predicted octanol–water partition coefficient (Wildman–Crippen LogP) is 6.26. The number of benzene rings is 3. The van der Waals surface area contributed by atoms with Gasteiger partial charge in [0.05, 0.1) is 17.7 Å². The van der Waals surface area contributed by atoms with Crippen LogP contribution in [0.25, 0.3) is 11.1 Å². The summed E-state index contributed by atoms with van der Waals surface area (Å²) in [7, 11) is 0. The third-order valence-electron chi connectivity index (χ3n) is 5.10. The van der Waals surface area contributed by atoms with Crippen LogP contribution < -0.4 is 4.74 Å². The molecule has 0 bridgehead atoms. The van der Waals surface area contributed by atoms with Gasteiger partial charge >= 0.3 is 11.9 Å². The molecule has 0 fully saturated rings. The molecule has 4 nitrogen and oxygen atoms in total. The second kappa shape index (κ2) is 12.5. The van der Waals surface area contributed by atoms with E-state index in [2.05, 4.69) is 25.7 Å². The molecule has 0 aliphatic heterocycles. The highest BCUT2D eigenvalue weighted by Gasteiger charge is 2.11. The normalized spacial score (nSPS) is 10.8. The molecule has 0 aromatic heterocycles. The van der Waals surface area contributed by atoms with Gasteiger partial charge in [0.1, 0.15) is 5.75 Å². The fraction of sp³-hybridized carbons (Fsp3) is 0.214. The molecular weight excluding hydrogens is 432 g/mol. The molecule has 5 heteroatoms. The summed E-state index contributed by atoms with van der Waals surface area (Å²) in [4.78, 5) is 24.5. The largest absolute Gasteiger partial charge is 0.462 e. The third kappa shape index (κ3) is 7.27. The summed E-state index contributed by atoms with van der Waals surface area (Å²) in [6.07, 6.45) is 0.970. The summed E-state index contributed by atoms with van der Waals surface area (Å²) < 4.78 is 10.8. The average Bonchev–Trinajstić information content (AvgIpc) is 2.83. The minimum atomic E-state index is -0.422. The lowest BCUT2D eigenvalue weighted by Gasteiger charge is -2.10. The number of hydrogen-bond acceptors (Lipinski definition) is 4. The molecule has 3 aromatic carbocycles. The van der Waals surface area contributed by atoms with Crippen molar-refractivity contribution in [2.75, 3.05) is 6.61 Å². The number of carbonyl (C=O) groups is 2. The monoisotopic (exact) mass is 460 g/mol. The van der Waals surface area contributed by atoms with E-state index in [9.17, 15) is 9.59 Å². The van der Waals surface area contributed by atoms with Crippen molar-refractivity contribution in [2.24, 2.45) is 5.92 Å². The Balaban J connectivity index is 0.00000385. The molecule has 0 saturated heterocycles. The second-order valence-corrected chi connectivity index (χ2v) is 7.56. The van der Waals surface area contributed by atoms with Gasteiger partial charge in [-0.1, -0.05) is 50.5 Å². The van der Waals surface area contributed by atoms with Crippen molar-refractivity contribution in [2.45, 2.75) is 27.2 Å². The molecule has 0 aliphatic rings. The molecule has 1 atom stereocenters. The van der Waals surface area contributed by atoms with Crippen molar-refractivity contribution in [1.82, 2.24) is 0 Å². The Morgan fingerprint density at radius 1 is 0.818 bits per heavy atom. The Bertz CT molecular complexity index is 1120. The van der Waals surface area contributed by atoms with Crippen molar-refractivity contribution < 1.29 is 19.1 Å². The van der Waals surface area contributed by atoms with Gasteiger partial charge in [-0.05, 0) is 72.5 Å². The first-order valence-electron chi connectivity index (χ1n) is 10.6. The van der Waals surface area contributed by atoms with Crippen LogP contribution in [0, 0.1) is 17.8 Å². The molecule has 0 aliphatic carbocycles. The molecule has 0 N–H and O–H groups in total. The van der Waals surface area contributed by atoms with Crippen LogP contribution in [0.4, 0.5) is 0 Å². The lowest BCUT2D eigenvalue weighted by Crippen LogP contribution is -2.11. The van der Waals surface area contributed by atoms with Gasteiger partial charge in [-0.25, -0.2) is 9.59 Å². The summed E-state index contributed by atoms with van der Waals surface area (Å²) in [5.41, 5.74) is 3.74. The highest BCUT2D eigenvalue weighted by molar-refractivity contribution is 7.59. The van der Waals surface area contributed by atoms with E-state index in [1.807, 2.05) is 24.3 Å². The number of rotatable bonds is 7. The molecule has 170 valence electrons. The first-order valence-corrected chi connectivity index (χ1v) is 10.6. The van der Waals surface area contributed by atoms with Crippen LogP contribution in [0.2, 0.25) is 0 Å². The molecule has 0 spiro atoms. The van der Waals surface area contributed by atoms with Gasteiger partial charge in [0, 0.05) is 5.56 Å². The SMILES string of the molecule is CC#Cc1ccc(C(=O)Oc2ccc(-c3ccc(C(=O)OCC(C)CC)cc3)cc2)cc1.S. The fourth-order valence-electron chi connectivity index (χ4n) is 2.93. The molecule has 33 heavy (non-hydrogen) atoms. The smallest absolute Gasteiger partial charge is 0.343 e. The lowest BCUT2D eigenvalue weighted by molar-refractivity contribution is 0.0447. The van der Waals surface area contributed by atoms with Crippen LogP contribution in [0.1, 0.15) is 53.5 Å². The van der Waals surface area contributed by atoms with E-state index in [4.69, 9.17) is 9.47 Å². The van der Waals surface area contributed by atoms with E-state index in [0.717, 1.165) is 23.1 Å². The first kappa shape index (κ1) is 25.8. The summed E-state index contributed by atoms with van der Waals surface area (Å²) in [5.74, 6) is 5.84. The van der Waals surface area contributed by atoms with Crippen LogP contribution in [0.15, 0.2) is 72.8 Å². The van der Waals surface area contributed by atoms with Crippen LogP contribution >= 0.6 is 13.5 Å². The highest BCUT2D eigenvalue weighted by atomic mass is 32.1. The molecule has 0 radical (unpaired) electrons. The van der Waals surface area contributed by atoms with Crippen molar-refractivity contribution in [3.05, 3.63) is 89.5 Å². The summed E-state index contributed by atoms with van der Waals surface area (Å²) in [6.45, 7) is 6.31. The fourth-order valence-corrected chi connectivity index (χ4v) is 2.93. The van der Waals surface area contributed by atoms with E-state index in [1.54, 1.807) is 55.5 Å². The Hall–Kier alpha value is -3.49. The average molecular weight is 461 g/mol. The van der Waals surface area contributed by atoms with Crippen molar-refractivity contribution in [3.8, 4) is 28.7 Å². The van der Waals surface area contributed by atoms with Crippen molar-refractivity contribution in [1.29, 1.82) is 0 Å². The number of ether oxygens (including phenoxy) is 2. The summed E-state index contributed by atoms with van der Waals surface area (Å²) >= 11 is 0. The lowest BCUT2D eigenvalue weighted by atomic mass is 10.0.